The molecule has 0 radical (unpaired) electrons. The Morgan fingerprint density at radius 1 is 1.35 bits per heavy atom. The average molecular weight is 233 g/mol. The molecule has 0 saturated heterocycles. The molecule has 1 saturated carbocycles. The van der Waals surface area contributed by atoms with Crippen LogP contribution in [0.5, 0.6) is 0 Å². The summed E-state index contributed by atoms with van der Waals surface area (Å²) in [6.07, 6.45) is 4.31. The standard InChI is InChI=1S/C13H16FN3/c14-10-5-6-12(9(7-10)8-15)17-13-4-2-1-3-11(13)16/h5-7,11,13,17H,1-4,16H2/t11-,13-/m1/s1. The highest BCUT2D eigenvalue weighted by Gasteiger charge is 2.22. The number of nitriles is 1. The summed E-state index contributed by atoms with van der Waals surface area (Å²) in [5, 5.41) is 12.2. The molecule has 4 heteroatoms. The Hall–Kier alpha value is -1.60. The predicted octanol–water partition coefficient (Wildman–Crippen LogP) is 2.38. The smallest absolute Gasteiger partial charge is 0.124 e. The van der Waals surface area contributed by atoms with E-state index < -0.39 is 0 Å². The van der Waals surface area contributed by atoms with Crippen molar-refractivity contribution in [2.45, 2.75) is 37.8 Å². The summed E-state index contributed by atoms with van der Waals surface area (Å²) in [6.45, 7) is 0. The van der Waals surface area contributed by atoms with E-state index in [9.17, 15) is 4.39 Å². The summed E-state index contributed by atoms with van der Waals surface area (Å²) in [5.74, 6) is -0.389. The second-order valence-electron chi connectivity index (χ2n) is 4.50. The van der Waals surface area contributed by atoms with Crippen LogP contribution in [0.25, 0.3) is 0 Å². The van der Waals surface area contributed by atoms with E-state index in [0.717, 1.165) is 25.7 Å². The number of nitrogens with one attached hydrogen (secondary N) is 1. The summed E-state index contributed by atoms with van der Waals surface area (Å²) in [5.41, 5.74) is 7.04. The third kappa shape index (κ3) is 2.75. The molecule has 0 bridgehead atoms. The van der Waals surface area contributed by atoms with Crippen LogP contribution in [-0.4, -0.2) is 12.1 Å². The molecule has 3 N–H and O–H groups in total. The van der Waals surface area contributed by atoms with Crippen molar-refractivity contribution in [3.63, 3.8) is 0 Å². The van der Waals surface area contributed by atoms with Crippen LogP contribution in [0.1, 0.15) is 31.2 Å². The largest absolute Gasteiger partial charge is 0.380 e. The Balaban J connectivity index is 2.15. The first-order chi connectivity index (χ1) is 8.20. The Morgan fingerprint density at radius 2 is 2.12 bits per heavy atom. The monoisotopic (exact) mass is 233 g/mol. The number of benzene rings is 1. The third-order valence-corrected chi connectivity index (χ3v) is 3.26. The lowest BCUT2D eigenvalue weighted by molar-refractivity contribution is 0.404. The van der Waals surface area contributed by atoms with Crippen molar-refractivity contribution in [2.75, 3.05) is 5.32 Å². The van der Waals surface area contributed by atoms with E-state index in [-0.39, 0.29) is 17.9 Å². The molecule has 0 aromatic heterocycles. The van der Waals surface area contributed by atoms with Crippen LogP contribution < -0.4 is 11.1 Å². The molecule has 1 aliphatic rings. The number of nitrogens with zero attached hydrogens (tertiary/aromatic N) is 1. The zero-order valence-corrected chi connectivity index (χ0v) is 9.62. The number of hydrogen-bond donors (Lipinski definition) is 2. The van der Waals surface area contributed by atoms with Gasteiger partial charge in [0.1, 0.15) is 11.9 Å². The Bertz CT molecular complexity index is 439. The minimum absolute atomic E-state index is 0.111. The van der Waals surface area contributed by atoms with Gasteiger partial charge in [-0.3, -0.25) is 0 Å². The minimum atomic E-state index is -0.389. The van der Waals surface area contributed by atoms with Crippen molar-refractivity contribution in [1.82, 2.24) is 0 Å². The molecule has 0 amide bonds. The van der Waals surface area contributed by atoms with Crippen LogP contribution in [0.15, 0.2) is 18.2 Å². The van der Waals surface area contributed by atoms with Gasteiger partial charge < -0.3 is 11.1 Å². The molecule has 1 aromatic carbocycles. The van der Waals surface area contributed by atoms with Crippen molar-refractivity contribution >= 4 is 5.69 Å². The highest BCUT2D eigenvalue weighted by molar-refractivity contribution is 5.58. The lowest BCUT2D eigenvalue weighted by Gasteiger charge is -2.30. The summed E-state index contributed by atoms with van der Waals surface area (Å²) >= 11 is 0. The molecular formula is C13H16FN3. The molecule has 1 fully saturated rings. The fourth-order valence-corrected chi connectivity index (χ4v) is 2.27. The molecule has 0 heterocycles. The minimum Gasteiger partial charge on any atom is -0.380 e. The normalized spacial score (nSPS) is 24.1. The van der Waals surface area contributed by atoms with Gasteiger partial charge in [0.2, 0.25) is 0 Å². The van der Waals surface area contributed by atoms with Crippen LogP contribution in [0.3, 0.4) is 0 Å². The zero-order chi connectivity index (χ0) is 12.3. The maximum atomic E-state index is 13.0. The van der Waals surface area contributed by atoms with E-state index in [1.165, 1.54) is 12.1 Å². The molecular weight excluding hydrogens is 217 g/mol. The quantitative estimate of drug-likeness (QED) is 0.824. The molecule has 1 aliphatic carbocycles. The molecule has 90 valence electrons. The number of hydrogen-bond acceptors (Lipinski definition) is 3. The molecule has 0 spiro atoms. The molecule has 0 unspecified atom stereocenters. The van der Waals surface area contributed by atoms with Crippen molar-refractivity contribution in [1.29, 1.82) is 5.26 Å². The maximum absolute atomic E-state index is 13.0. The Morgan fingerprint density at radius 3 is 2.82 bits per heavy atom. The zero-order valence-electron chi connectivity index (χ0n) is 9.62. The second-order valence-corrected chi connectivity index (χ2v) is 4.50. The molecule has 2 rings (SSSR count). The van der Waals surface area contributed by atoms with E-state index in [1.54, 1.807) is 6.07 Å². The number of anilines is 1. The third-order valence-electron chi connectivity index (χ3n) is 3.26. The first-order valence-corrected chi connectivity index (χ1v) is 5.92. The van der Waals surface area contributed by atoms with Gasteiger partial charge >= 0.3 is 0 Å². The number of halogens is 1. The summed E-state index contributed by atoms with van der Waals surface area (Å²) in [6, 6.07) is 6.50. The average Bonchev–Trinajstić information content (AvgIpc) is 2.34. The molecule has 2 atom stereocenters. The van der Waals surface area contributed by atoms with Gasteiger partial charge in [-0.2, -0.15) is 5.26 Å². The van der Waals surface area contributed by atoms with Gasteiger partial charge in [-0.1, -0.05) is 12.8 Å². The van der Waals surface area contributed by atoms with E-state index >= 15 is 0 Å². The van der Waals surface area contributed by atoms with E-state index in [0.29, 0.717) is 11.3 Å². The summed E-state index contributed by atoms with van der Waals surface area (Å²) in [7, 11) is 0. The highest BCUT2D eigenvalue weighted by Crippen LogP contribution is 2.23. The van der Waals surface area contributed by atoms with Crippen LogP contribution in [0, 0.1) is 17.1 Å². The SMILES string of the molecule is N#Cc1cc(F)ccc1N[C@@H]1CCCC[C@H]1N. The lowest BCUT2D eigenvalue weighted by Crippen LogP contribution is -2.42. The molecule has 1 aromatic rings. The maximum Gasteiger partial charge on any atom is 0.124 e. The van der Waals surface area contributed by atoms with Crippen LogP contribution in [0.2, 0.25) is 0 Å². The second kappa shape index (κ2) is 5.15. The van der Waals surface area contributed by atoms with Crippen molar-refractivity contribution < 1.29 is 4.39 Å². The van der Waals surface area contributed by atoms with Gasteiger partial charge in [-0.05, 0) is 31.0 Å². The van der Waals surface area contributed by atoms with Gasteiger partial charge in [0.15, 0.2) is 0 Å². The fraction of sp³-hybridized carbons (Fsp3) is 0.462. The van der Waals surface area contributed by atoms with Crippen molar-refractivity contribution in [3.8, 4) is 6.07 Å². The molecule has 0 aliphatic heterocycles. The van der Waals surface area contributed by atoms with E-state index in [1.807, 2.05) is 6.07 Å². The van der Waals surface area contributed by atoms with Crippen molar-refractivity contribution in [3.05, 3.63) is 29.6 Å². The number of rotatable bonds is 2. The number of nitrogens with two attached hydrogens (primary N) is 1. The topological polar surface area (TPSA) is 61.8 Å². The van der Waals surface area contributed by atoms with Gasteiger partial charge in [-0.15, -0.1) is 0 Å². The summed E-state index contributed by atoms with van der Waals surface area (Å²) < 4.78 is 13.0. The molecule has 3 nitrogen and oxygen atoms in total. The summed E-state index contributed by atoms with van der Waals surface area (Å²) in [4.78, 5) is 0. The first kappa shape index (κ1) is 11.9. The Labute approximate surface area is 100 Å². The van der Waals surface area contributed by atoms with E-state index in [4.69, 9.17) is 11.0 Å². The first-order valence-electron chi connectivity index (χ1n) is 5.92. The fourth-order valence-electron chi connectivity index (χ4n) is 2.27. The van der Waals surface area contributed by atoms with Gasteiger partial charge in [0, 0.05) is 12.1 Å². The van der Waals surface area contributed by atoms with Crippen LogP contribution in [0.4, 0.5) is 10.1 Å². The van der Waals surface area contributed by atoms with Crippen LogP contribution in [-0.2, 0) is 0 Å². The predicted molar refractivity (Wildman–Crippen MR) is 65.0 cm³/mol. The van der Waals surface area contributed by atoms with Gasteiger partial charge in [-0.25, -0.2) is 4.39 Å². The highest BCUT2D eigenvalue weighted by atomic mass is 19.1. The lowest BCUT2D eigenvalue weighted by atomic mass is 9.90. The van der Waals surface area contributed by atoms with E-state index in [2.05, 4.69) is 5.32 Å². The van der Waals surface area contributed by atoms with Gasteiger partial charge in [0.25, 0.3) is 0 Å². The van der Waals surface area contributed by atoms with Gasteiger partial charge in [0.05, 0.1) is 11.3 Å². The molecule has 17 heavy (non-hydrogen) atoms. The van der Waals surface area contributed by atoms with Crippen molar-refractivity contribution in [2.24, 2.45) is 5.73 Å². The Kier molecular flexibility index (Phi) is 3.60. The van der Waals surface area contributed by atoms with Crippen LogP contribution >= 0.6 is 0 Å².